The van der Waals surface area contributed by atoms with Crippen LogP contribution in [0.3, 0.4) is 0 Å². The second kappa shape index (κ2) is 17.2. The highest BCUT2D eigenvalue weighted by Gasteiger charge is 2.10. The van der Waals surface area contributed by atoms with Crippen molar-refractivity contribution in [1.82, 2.24) is 5.32 Å². The van der Waals surface area contributed by atoms with Crippen molar-refractivity contribution in [3.63, 3.8) is 0 Å². The molecular weight excluding hydrogens is 362 g/mol. The molecule has 0 aliphatic carbocycles. The third-order valence-electron chi connectivity index (χ3n) is 5.46. The lowest BCUT2D eigenvalue weighted by atomic mass is 10.0. The van der Waals surface area contributed by atoms with Crippen LogP contribution in [0.4, 0.5) is 0 Å². The van der Waals surface area contributed by atoms with Crippen molar-refractivity contribution < 1.29 is 14.3 Å². The van der Waals surface area contributed by atoms with Crippen molar-refractivity contribution in [3.8, 4) is 11.5 Å². The molecule has 1 amide bonds. The number of carbonyl (C=O) groups is 1. The molecule has 0 radical (unpaired) electrons. The molecule has 4 heteroatoms. The molecule has 0 aromatic heterocycles. The number of hydrogen-bond acceptors (Lipinski definition) is 3. The van der Waals surface area contributed by atoms with E-state index in [4.69, 9.17) is 9.47 Å². The Morgan fingerprint density at radius 1 is 0.724 bits per heavy atom. The van der Waals surface area contributed by atoms with E-state index in [9.17, 15) is 4.79 Å². The summed E-state index contributed by atoms with van der Waals surface area (Å²) in [5, 5.41) is 3.00. The molecule has 0 atom stereocenters. The fourth-order valence-corrected chi connectivity index (χ4v) is 3.60. The van der Waals surface area contributed by atoms with Crippen LogP contribution in [0.1, 0.15) is 107 Å². The van der Waals surface area contributed by atoms with Gasteiger partial charge in [0.25, 0.3) is 5.91 Å². The molecule has 1 N–H and O–H groups in total. The molecule has 0 unspecified atom stereocenters. The number of benzene rings is 1. The molecule has 0 spiro atoms. The predicted octanol–water partition coefficient (Wildman–Crippen LogP) is 6.91. The van der Waals surface area contributed by atoms with Gasteiger partial charge in [-0.25, -0.2) is 0 Å². The van der Waals surface area contributed by atoms with E-state index >= 15 is 0 Å². The monoisotopic (exact) mass is 405 g/mol. The van der Waals surface area contributed by atoms with Gasteiger partial charge in [-0.15, -0.1) is 0 Å². The number of nitrogens with one attached hydrogen (secondary N) is 1. The molecule has 4 nitrogen and oxygen atoms in total. The average Bonchev–Trinajstić information content (AvgIpc) is 2.75. The molecule has 0 aliphatic rings. The Hall–Kier alpha value is -1.71. The molecule has 1 rings (SSSR count). The first kappa shape index (κ1) is 25.3. The fourth-order valence-electron chi connectivity index (χ4n) is 3.60. The maximum Gasteiger partial charge on any atom is 0.251 e. The van der Waals surface area contributed by atoms with E-state index in [-0.39, 0.29) is 5.91 Å². The van der Waals surface area contributed by atoms with E-state index in [0.717, 1.165) is 13.0 Å². The maximum absolute atomic E-state index is 12.2. The third-order valence-corrected chi connectivity index (χ3v) is 5.46. The van der Waals surface area contributed by atoms with Crippen LogP contribution in [-0.4, -0.2) is 26.7 Å². The van der Waals surface area contributed by atoms with E-state index < -0.39 is 0 Å². The largest absolute Gasteiger partial charge is 0.493 e. The number of amides is 1. The van der Waals surface area contributed by atoms with Gasteiger partial charge in [0.1, 0.15) is 0 Å². The van der Waals surface area contributed by atoms with Crippen LogP contribution in [-0.2, 0) is 0 Å². The first-order valence-electron chi connectivity index (χ1n) is 11.7. The summed E-state index contributed by atoms with van der Waals surface area (Å²) in [6, 6.07) is 5.25. The molecule has 0 heterocycles. The molecule has 0 saturated carbocycles. The zero-order valence-electron chi connectivity index (χ0n) is 19.1. The second-order valence-corrected chi connectivity index (χ2v) is 7.92. The molecular formula is C25H43NO3. The van der Waals surface area contributed by atoms with Crippen molar-refractivity contribution in [2.24, 2.45) is 0 Å². The minimum Gasteiger partial charge on any atom is -0.493 e. The van der Waals surface area contributed by atoms with Crippen LogP contribution in [0.2, 0.25) is 0 Å². The number of unbranched alkanes of at least 4 members (excludes halogenated alkanes) is 13. The first-order valence-corrected chi connectivity index (χ1v) is 11.7. The summed E-state index contributed by atoms with van der Waals surface area (Å²) >= 11 is 0. The second-order valence-electron chi connectivity index (χ2n) is 7.92. The van der Waals surface area contributed by atoms with Crippen LogP contribution < -0.4 is 14.8 Å². The normalized spacial score (nSPS) is 10.7. The quantitative estimate of drug-likeness (QED) is 0.270. The number of hydrogen-bond donors (Lipinski definition) is 1. The van der Waals surface area contributed by atoms with Crippen LogP contribution in [0.15, 0.2) is 18.2 Å². The molecule has 29 heavy (non-hydrogen) atoms. The lowest BCUT2D eigenvalue weighted by Gasteiger charge is -2.10. The van der Waals surface area contributed by atoms with Crippen molar-refractivity contribution in [3.05, 3.63) is 23.8 Å². The summed E-state index contributed by atoms with van der Waals surface area (Å²) < 4.78 is 10.5. The van der Waals surface area contributed by atoms with Gasteiger partial charge in [-0.05, 0) is 24.6 Å². The smallest absolute Gasteiger partial charge is 0.251 e. The van der Waals surface area contributed by atoms with Gasteiger partial charge in [0.2, 0.25) is 0 Å². The highest BCUT2D eigenvalue weighted by Crippen LogP contribution is 2.27. The van der Waals surface area contributed by atoms with Gasteiger partial charge < -0.3 is 14.8 Å². The van der Waals surface area contributed by atoms with Crippen molar-refractivity contribution in [2.45, 2.75) is 96.8 Å². The Bertz CT molecular complexity index is 545. The van der Waals surface area contributed by atoms with Gasteiger partial charge in [-0.2, -0.15) is 0 Å². The molecule has 1 aromatic carbocycles. The van der Waals surface area contributed by atoms with E-state index in [1.807, 2.05) is 0 Å². The lowest BCUT2D eigenvalue weighted by molar-refractivity contribution is 0.0952. The Kier molecular flexibility index (Phi) is 15.0. The minimum atomic E-state index is -0.0550. The van der Waals surface area contributed by atoms with E-state index in [1.54, 1.807) is 32.4 Å². The summed E-state index contributed by atoms with van der Waals surface area (Å²) in [7, 11) is 3.17. The van der Waals surface area contributed by atoms with Gasteiger partial charge in [0.05, 0.1) is 14.2 Å². The third kappa shape index (κ3) is 11.8. The topological polar surface area (TPSA) is 47.6 Å². The predicted molar refractivity (Wildman–Crippen MR) is 122 cm³/mol. The summed E-state index contributed by atoms with van der Waals surface area (Å²) in [6.45, 7) is 3.00. The van der Waals surface area contributed by atoms with Crippen LogP contribution in [0.25, 0.3) is 0 Å². The fraction of sp³-hybridized carbons (Fsp3) is 0.720. The molecule has 166 valence electrons. The SMILES string of the molecule is CCCCCCCCCCCCCCCCNC(=O)c1ccc(OC)c(OC)c1. The molecule has 0 saturated heterocycles. The number of rotatable bonds is 18. The highest BCUT2D eigenvalue weighted by atomic mass is 16.5. The Labute approximate surface area is 178 Å². The Morgan fingerprint density at radius 3 is 1.69 bits per heavy atom. The van der Waals surface area contributed by atoms with Gasteiger partial charge >= 0.3 is 0 Å². The summed E-state index contributed by atoms with van der Waals surface area (Å²) in [6.07, 6.45) is 18.8. The number of carbonyl (C=O) groups excluding carboxylic acids is 1. The summed E-state index contributed by atoms with van der Waals surface area (Å²) in [5.74, 6) is 1.16. The Morgan fingerprint density at radius 2 is 1.21 bits per heavy atom. The maximum atomic E-state index is 12.2. The standard InChI is InChI=1S/C25H43NO3/c1-4-5-6-7-8-9-10-11-12-13-14-15-16-17-20-26-25(27)22-18-19-23(28-2)24(21-22)29-3/h18-19,21H,4-17,20H2,1-3H3,(H,26,27). The summed E-state index contributed by atoms with van der Waals surface area (Å²) in [4.78, 5) is 12.2. The highest BCUT2D eigenvalue weighted by molar-refractivity contribution is 5.94. The van der Waals surface area contributed by atoms with E-state index in [2.05, 4.69) is 12.2 Å². The van der Waals surface area contributed by atoms with Crippen LogP contribution in [0.5, 0.6) is 11.5 Å². The number of ether oxygens (including phenoxy) is 2. The van der Waals surface area contributed by atoms with Crippen molar-refractivity contribution in [2.75, 3.05) is 20.8 Å². The van der Waals surface area contributed by atoms with E-state index in [0.29, 0.717) is 17.1 Å². The minimum absolute atomic E-state index is 0.0550. The summed E-state index contributed by atoms with van der Waals surface area (Å²) in [5.41, 5.74) is 0.605. The molecule has 0 fully saturated rings. The molecule has 0 bridgehead atoms. The van der Waals surface area contributed by atoms with Gasteiger partial charge in [-0.3, -0.25) is 4.79 Å². The van der Waals surface area contributed by atoms with Crippen LogP contribution >= 0.6 is 0 Å². The zero-order chi connectivity index (χ0) is 21.2. The van der Waals surface area contributed by atoms with Crippen LogP contribution in [0, 0.1) is 0 Å². The van der Waals surface area contributed by atoms with E-state index in [1.165, 1.54) is 83.5 Å². The van der Waals surface area contributed by atoms with Crippen molar-refractivity contribution in [1.29, 1.82) is 0 Å². The molecule has 1 aromatic rings. The van der Waals surface area contributed by atoms with Crippen molar-refractivity contribution >= 4 is 5.91 Å². The average molecular weight is 406 g/mol. The lowest BCUT2D eigenvalue weighted by Crippen LogP contribution is -2.24. The Balaban J connectivity index is 1.96. The number of methoxy groups -OCH3 is 2. The van der Waals surface area contributed by atoms with Gasteiger partial charge in [0, 0.05) is 12.1 Å². The first-order chi connectivity index (χ1) is 14.2. The van der Waals surface area contributed by atoms with Gasteiger partial charge in [-0.1, -0.05) is 90.4 Å². The van der Waals surface area contributed by atoms with Gasteiger partial charge in [0.15, 0.2) is 11.5 Å². The molecule has 0 aliphatic heterocycles. The zero-order valence-corrected chi connectivity index (χ0v) is 19.1.